The molecule has 0 unspecified atom stereocenters. The van der Waals surface area contributed by atoms with Gasteiger partial charge in [-0.3, -0.25) is 0 Å². The van der Waals surface area contributed by atoms with E-state index >= 15 is 0 Å². The van der Waals surface area contributed by atoms with E-state index in [1.54, 1.807) is 12.1 Å². The summed E-state index contributed by atoms with van der Waals surface area (Å²) < 4.78 is 11.7. The van der Waals surface area contributed by atoms with Crippen LogP contribution in [0.3, 0.4) is 0 Å². The molecule has 1 aliphatic rings. The Kier molecular flexibility index (Phi) is 3.11. The molecule has 5 nitrogen and oxygen atoms in total. The number of nitrogens with two attached hydrogens (primary N) is 1. The van der Waals surface area contributed by atoms with E-state index in [1.165, 1.54) is 6.07 Å². The van der Waals surface area contributed by atoms with E-state index < -0.39 is 24.3 Å². The van der Waals surface area contributed by atoms with E-state index in [9.17, 15) is 4.79 Å². The minimum absolute atomic E-state index is 0.0622. The molecule has 1 heterocycles. The van der Waals surface area contributed by atoms with Crippen molar-refractivity contribution in [3.63, 3.8) is 0 Å². The number of carbonyl (C=O) groups is 1. The highest BCUT2D eigenvalue weighted by Gasteiger charge is 2.51. The highest BCUT2D eigenvalue weighted by atomic mass is 16.7. The summed E-state index contributed by atoms with van der Waals surface area (Å²) in [6, 6.07) is 4.79. The summed E-state index contributed by atoms with van der Waals surface area (Å²) in [5.74, 6) is -1.06. The van der Waals surface area contributed by atoms with Gasteiger partial charge >= 0.3 is 13.1 Å². The first-order valence-electron chi connectivity index (χ1n) is 6.12. The molecule has 1 aromatic rings. The van der Waals surface area contributed by atoms with E-state index in [2.05, 4.69) is 0 Å². The Hall–Kier alpha value is -1.53. The van der Waals surface area contributed by atoms with Crippen LogP contribution in [-0.4, -0.2) is 29.4 Å². The van der Waals surface area contributed by atoms with Gasteiger partial charge in [-0.2, -0.15) is 0 Å². The van der Waals surface area contributed by atoms with Crippen molar-refractivity contribution < 1.29 is 19.2 Å². The summed E-state index contributed by atoms with van der Waals surface area (Å²) in [6.07, 6.45) is 0. The van der Waals surface area contributed by atoms with E-state index in [1.807, 2.05) is 27.7 Å². The lowest BCUT2D eigenvalue weighted by Gasteiger charge is -2.32. The summed E-state index contributed by atoms with van der Waals surface area (Å²) in [7, 11) is -0.580. The largest absolute Gasteiger partial charge is 0.494 e. The molecule has 0 bridgehead atoms. The summed E-state index contributed by atoms with van der Waals surface area (Å²) in [5.41, 5.74) is 5.67. The van der Waals surface area contributed by atoms with Crippen molar-refractivity contribution in [3.8, 4) is 0 Å². The van der Waals surface area contributed by atoms with Crippen molar-refractivity contribution in [1.29, 1.82) is 0 Å². The van der Waals surface area contributed by atoms with Crippen LogP contribution in [0.25, 0.3) is 0 Å². The summed E-state index contributed by atoms with van der Waals surface area (Å²) >= 11 is 0. The number of anilines is 1. The number of aromatic carboxylic acids is 1. The molecule has 1 aromatic carbocycles. The molecular weight excluding hydrogens is 245 g/mol. The first-order chi connectivity index (χ1) is 8.64. The third kappa shape index (κ3) is 2.33. The SMILES string of the molecule is CC1(C)OB(c2ccc(N)c(C(=O)O)c2)OC1(C)C. The lowest BCUT2D eigenvalue weighted by Crippen LogP contribution is -2.41. The van der Waals surface area contributed by atoms with Gasteiger partial charge in [0.1, 0.15) is 0 Å². The third-order valence-corrected chi connectivity index (χ3v) is 3.83. The number of hydrogen-bond acceptors (Lipinski definition) is 4. The van der Waals surface area contributed by atoms with Crippen LogP contribution in [0.1, 0.15) is 38.1 Å². The van der Waals surface area contributed by atoms with Gasteiger partial charge in [-0.1, -0.05) is 6.07 Å². The van der Waals surface area contributed by atoms with Crippen molar-refractivity contribution in [2.24, 2.45) is 0 Å². The predicted molar refractivity (Wildman–Crippen MR) is 73.5 cm³/mol. The van der Waals surface area contributed by atoms with Crippen LogP contribution < -0.4 is 11.2 Å². The Labute approximate surface area is 112 Å². The van der Waals surface area contributed by atoms with Crippen molar-refractivity contribution >= 4 is 24.2 Å². The molecule has 0 aromatic heterocycles. The second-order valence-electron chi connectivity index (χ2n) is 5.74. The van der Waals surface area contributed by atoms with E-state index in [0.717, 1.165) is 0 Å². The molecule has 0 aliphatic carbocycles. The number of carboxylic acid groups (broad SMARTS) is 1. The first-order valence-corrected chi connectivity index (χ1v) is 6.12. The highest BCUT2D eigenvalue weighted by Crippen LogP contribution is 2.36. The number of carboxylic acids is 1. The Morgan fingerprint density at radius 1 is 1.21 bits per heavy atom. The summed E-state index contributed by atoms with van der Waals surface area (Å²) in [5, 5.41) is 9.08. The zero-order valence-corrected chi connectivity index (χ0v) is 11.6. The molecule has 1 saturated heterocycles. The molecule has 0 saturated carbocycles. The molecule has 6 heteroatoms. The monoisotopic (exact) mass is 263 g/mol. The number of nitrogen functional groups attached to an aromatic ring is 1. The lowest BCUT2D eigenvalue weighted by molar-refractivity contribution is 0.00578. The van der Waals surface area contributed by atoms with Gasteiger partial charge in [0, 0.05) is 5.69 Å². The quantitative estimate of drug-likeness (QED) is 0.620. The summed E-state index contributed by atoms with van der Waals surface area (Å²) in [6.45, 7) is 7.79. The van der Waals surface area contributed by atoms with Crippen LogP contribution in [0.4, 0.5) is 5.69 Å². The molecule has 0 spiro atoms. The summed E-state index contributed by atoms with van der Waals surface area (Å²) in [4.78, 5) is 11.1. The minimum Gasteiger partial charge on any atom is -0.478 e. The van der Waals surface area contributed by atoms with E-state index in [4.69, 9.17) is 20.1 Å². The number of hydrogen-bond donors (Lipinski definition) is 2. The number of rotatable bonds is 2. The second kappa shape index (κ2) is 4.25. The normalized spacial score (nSPS) is 20.5. The fourth-order valence-corrected chi connectivity index (χ4v) is 1.88. The van der Waals surface area contributed by atoms with Crippen molar-refractivity contribution in [2.75, 3.05) is 5.73 Å². The maximum absolute atomic E-state index is 11.1. The lowest BCUT2D eigenvalue weighted by atomic mass is 9.78. The molecule has 0 amide bonds. The minimum atomic E-state index is -1.06. The average molecular weight is 263 g/mol. The fraction of sp³-hybridized carbons (Fsp3) is 0.462. The Morgan fingerprint density at radius 3 is 2.21 bits per heavy atom. The molecule has 19 heavy (non-hydrogen) atoms. The van der Waals surface area contributed by atoms with Gasteiger partial charge in [0.05, 0.1) is 16.8 Å². The smallest absolute Gasteiger partial charge is 0.478 e. The highest BCUT2D eigenvalue weighted by molar-refractivity contribution is 6.62. The zero-order valence-electron chi connectivity index (χ0n) is 11.6. The van der Waals surface area contributed by atoms with E-state index in [-0.39, 0.29) is 11.3 Å². The Morgan fingerprint density at radius 2 is 1.74 bits per heavy atom. The van der Waals surface area contributed by atoms with Crippen LogP contribution in [-0.2, 0) is 9.31 Å². The van der Waals surface area contributed by atoms with Gasteiger partial charge < -0.3 is 20.1 Å². The molecule has 102 valence electrons. The molecule has 0 radical (unpaired) electrons. The topological polar surface area (TPSA) is 81.8 Å². The van der Waals surface area contributed by atoms with Crippen LogP contribution in [0, 0.1) is 0 Å². The van der Waals surface area contributed by atoms with Crippen LogP contribution >= 0.6 is 0 Å². The van der Waals surface area contributed by atoms with Gasteiger partial charge in [0.25, 0.3) is 0 Å². The predicted octanol–water partition coefficient (Wildman–Crippen LogP) is 1.27. The average Bonchev–Trinajstić information content (AvgIpc) is 2.48. The molecule has 1 aliphatic heterocycles. The van der Waals surface area contributed by atoms with Crippen molar-refractivity contribution in [3.05, 3.63) is 23.8 Å². The molecular formula is C13H18BNO4. The van der Waals surface area contributed by atoms with Gasteiger partial charge in [-0.15, -0.1) is 0 Å². The van der Waals surface area contributed by atoms with Gasteiger partial charge in [0.2, 0.25) is 0 Å². The maximum Gasteiger partial charge on any atom is 0.494 e. The zero-order chi connectivity index (χ0) is 14.4. The van der Waals surface area contributed by atoms with E-state index in [0.29, 0.717) is 5.46 Å². The van der Waals surface area contributed by atoms with Crippen LogP contribution in [0.2, 0.25) is 0 Å². The van der Waals surface area contributed by atoms with Crippen molar-refractivity contribution in [2.45, 2.75) is 38.9 Å². The van der Waals surface area contributed by atoms with Gasteiger partial charge in [0.15, 0.2) is 0 Å². The molecule has 3 N–H and O–H groups in total. The Balaban J connectivity index is 2.35. The molecule has 0 atom stereocenters. The fourth-order valence-electron chi connectivity index (χ4n) is 1.88. The van der Waals surface area contributed by atoms with Crippen LogP contribution in [0.5, 0.6) is 0 Å². The Bertz CT molecular complexity index is 511. The van der Waals surface area contributed by atoms with Crippen molar-refractivity contribution in [1.82, 2.24) is 0 Å². The van der Waals surface area contributed by atoms with Gasteiger partial charge in [-0.25, -0.2) is 4.79 Å². The second-order valence-corrected chi connectivity index (χ2v) is 5.74. The third-order valence-electron chi connectivity index (χ3n) is 3.83. The molecule has 1 fully saturated rings. The first kappa shape index (κ1) is 13.9. The standard InChI is InChI=1S/C13H18BNO4/c1-12(2)13(3,4)19-14(18-12)8-5-6-10(15)9(7-8)11(16)17/h5-7H,15H2,1-4H3,(H,16,17). The maximum atomic E-state index is 11.1. The van der Waals surface area contributed by atoms with Gasteiger partial charge in [-0.05, 0) is 45.3 Å². The van der Waals surface area contributed by atoms with Crippen LogP contribution in [0.15, 0.2) is 18.2 Å². The molecule has 2 rings (SSSR count). The number of benzene rings is 1.